The maximum absolute atomic E-state index is 11.9. The van der Waals surface area contributed by atoms with Gasteiger partial charge in [-0.25, -0.2) is 13.2 Å². The zero-order valence-electron chi connectivity index (χ0n) is 10.8. The van der Waals surface area contributed by atoms with E-state index in [1.54, 1.807) is 6.92 Å². The number of hydrogen-bond acceptors (Lipinski definition) is 6. The van der Waals surface area contributed by atoms with E-state index in [4.69, 9.17) is 4.74 Å². The van der Waals surface area contributed by atoms with E-state index in [9.17, 15) is 18.3 Å². The number of thiophene rings is 1. The normalized spacial score (nSPS) is 19.0. The van der Waals surface area contributed by atoms with E-state index < -0.39 is 21.9 Å². The fourth-order valence-electron chi connectivity index (χ4n) is 2.29. The second-order valence-corrected chi connectivity index (χ2v) is 7.74. The molecule has 0 saturated heterocycles. The molecule has 0 spiro atoms. The molecule has 106 valence electrons. The van der Waals surface area contributed by atoms with Gasteiger partial charge in [0.15, 0.2) is 9.84 Å². The average Bonchev–Trinajstić information content (AvgIpc) is 2.70. The Bertz CT molecular complexity index is 600. The second-order valence-electron chi connectivity index (χ2n) is 4.51. The molecule has 0 aliphatic heterocycles. The van der Waals surface area contributed by atoms with Crippen LogP contribution in [-0.2, 0) is 21.0 Å². The molecule has 0 bridgehead atoms. The van der Waals surface area contributed by atoms with Crippen LogP contribution in [0.4, 0.5) is 0 Å². The summed E-state index contributed by atoms with van der Waals surface area (Å²) >= 11 is 0.912. The summed E-state index contributed by atoms with van der Waals surface area (Å²) in [5, 5.41) is 10.0. The minimum absolute atomic E-state index is 0.0951. The van der Waals surface area contributed by atoms with E-state index >= 15 is 0 Å². The van der Waals surface area contributed by atoms with Crippen molar-refractivity contribution < 1.29 is 23.1 Å². The van der Waals surface area contributed by atoms with E-state index in [1.807, 2.05) is 0 Å². The van der Waals surface area contributed by atoms with Crippen molar-refractivity contribution in [2.24, 2.45) is 0 Å². The number of ether oxygens (including phenoxy) is 1. The van der Waals surface area contributed by atoms with Gasteiger partial charge in [0, 0.05) is 11.8 Å². The first-order valence-electron chi connectivity index (χ1n) is 6.07. The van der Waals surface area contributed by atoms with Crippen molar-refractivity contribution in [3.05, 3.63) is 16.0 Å². The summed E-state index contributed by atoms with van der Waals surface area (Å²) in [6.45, 7) is 1.94. The highest BCUT2D eigenvalue weighted by Gasteiger charge is 2.33. The summed E-state index contributed by atoms with van der Waals surface area (Å²) in [6, 6.07) is 0. The first-order valence-corrected chi connectivity index (χ1v) is 8.77. The molecule has 0 saturated carbocycles. The molecule has 1 N–H and O–H groups in total. The molecule has 0 aromatic carbocycles. The summed E-state index contributed by atoms with van der Waals surface area (Å²) in [5.41, 5.74) is 1.05. The molecular formula is C12H16O5S2. The predicted octanol–water partition coefficient (Wildman–Crippen LogP) is 1.70. The molecule has 5 nitrogen and oxygen atoms in total. The SMILES string of the molecule is CCOC(=O)c1sc(S(C)(=O)=O)c2c1CCC[C@H]2O. The summed E-state index contributed by atoms with van der Waals surface area (Å²) in [5.74, 6) is -0.507. The van der Waals surface area contributed by atoms with Crippen LogP contribution < -0.4 is 0 Å². The van der Waals surface area contributed by atoms with Gasteiger partial charge in [-0.05, 0) is 31.7 Å². The van der Waals surface area contributed by atoms with E-state index in [0.717, 1.165) is 24.0 Å². The van der Waals surface area contributed by atoms with E-state index in [1.165, 1.54) is 0 Å². The zero-order chi connectivity index (χ0) is 14.2. The fourth-order valence-corrected chi connectivity index (χ4v) is 4.84. The van der Waals surface area contributed by atoms with Crippen LogP contribution in [0.1, 0.15) is 46.7 Å². The molecule has 19 heavy (non-hydrogen) atoms. The number of aliphatic hydroxyl groups excluding tert-OH is 1. The van der Waals surface area contributed by atoms with Crippen molar-refractivity contribution in [3.63, 3.8) is 0 Å². The Kier molecular flexibility index (Phi) is 3.98. The molecule has 1 aromatic rings. The van der Waals surface area contributed by atoms with Gasteiger partial charge in [-0.1, -0.05) is 0 Å². The van der Waals surface area contributed by atoms with Gasteiger partial charge < -0.3 is 9.84 Å². The first kappa shape index (κ1) is 14.5. The fraction of sp³-hybridized carbons (Fsp3) is 0.583. The third kappa shape index (κ3) is 2.68. The van der Waals surface area contributed by atoms with E-state index in [-0.39, 0.29) is 10.8 Å². The molecule has 0 unspecified atom stereocenters. The summed E-state index contributed by atoms with van der Waals surface area (Å²) < 4.78 is 28.6. The monoisotopic (exact) mass is 304 g/mol. The number of carbonyl (C=O) groups excluding carboxylic acids is 1. The van der Waals surface area contributed by atoms with Crippen LogP contribution in [0, 0.1) is 0 Å². The van der Waals surface area contributed by atoms with Gasteiger partial charge >= 0.3 is 5.97 Å². The van der Waals surface area contributed by atoms with Crippen LogP contribution in [0.2, 0.25) is 0 Å². The highest BCUT2D eigenvalue weighted by atomic mass is 32.2. The van der Waals surface area contributed by atoms with Crippen LogP contribution in [0.25, 0.3) is 0 Å². The number of hydrogen-bond donors (Lipinski definition) is 1. The van der Waals surface area contributed by atoms with Crippen LogP contribution in [-0.4, -0.2) is 32.4 Å². The van der Waals surface area contributed by atoms with Gasteiger partial charge in [0.05, 0.1) is 12.7 Å². The average molecular weight is 304 g/mol. The smallest absolute Gasteiger partial charge is 0.348 e. The summed E-state index contributed by atoms with van der Waals surface area (Å²) in [7, 11) is -3.45. The van der Waals surface area contributed by atoms with Gasteiger partial charge in [0.25, 0.3) is 0 Å². The quantitative estimate of drug-likeness (QED) is 0.860. The lowest BCUT2D eigenvalue weighted by atomic mass is 9.91. The van der Waals surface area contributed by atoms with Gasteiger partial charge in [0.2, 0.25) is 0 Å². The topological polar surface area (TPSA) is 80.7 Å². The van der Waals surface area contributed by atoms with Crippen LogP contribution in [0.5, 0.6) is 0 Å². The Morgan fingerprint density at radius 3 is 2.79 bits per heavy atom. The van der Waals surface area contributed by atoms with Gasteiger partial charge in [-0.15, -0.1) is 11.3 Å². The molecule has 1 aliphatic rings. The van der Waals surface area contributed by atoms with Crippen molar-refractivity contribution in [2.75, 3.05) is 12.9 Å². The van der Waals surface area contributed by atoms with Crippen LogP contribution >= 0.6 is 11.3 Å². The Labute approximate surface area is 116 Å². The lowest BCUT2D eigenvalue weighted by Crippen LogP contribution is -2.13. The molecule has 1 aromatic heterocycles. The largest absolute Gasteiger partial charge is 0.462 e. The van der Waals surface area contributed by atoms with Crippen molar-refractivity contribution >= 4 is 27.1 Å². The molecule has 0 radical (unpaired) electrons. The molecule has 0 amide bonds. The molecule has 1 aliphatic carbocycles. The number of aliphatic hydroxyl groups is 1. The number of sulfone groups is 1. The molecule has 1 heterocycles. The Morgan fingerprint density at radius 2 is 2.21 bits per heavy atom. The highest BCUT2D eigenvalue weighted by molar-refractivity contribution is 7.92. The highest BCUT2D eigenvalue weighted by Crippen LogP contribution is 2.42. The third-order valence-corrected chi connectivity index (χ3v) is 6.12. The number of fused-ring (bicyclic) bond motifs is 1. The predicted molar refractivity (Wildman–Crippen MR) is 71.3 cm³/mol. The van der Waals surface area contributed by atoms with Gasteiger partial charge in [0.1, 0.15) is 9.09 Å². The van der Waals surface area contributed by atoms with Crippen LogP contribution in [0.15, 0.2) is 4.21 Å². The van der Waals surface area contributed by atoms with Crippen molar-refractivity contribution in [3.8, 4) is 0 Å². The first-order chi connectivity index (χ1) is 8.86. The minimum Gasteiger partial charge on any atom is -0.462 e. The second kappa shape index (κ2) is 5.22. The van der Waals surface area contributed by atoms with Crippen LogP contribution in [0.3, 0.4) is 0 Å². The maximum atomic E-state index is 11.9. The Balaban J connectivity index is 2.62. The Morgan fingerprint density at radius 1 is 1.53 bits per heavy atom. The molecule has 0 fully saturated rings. The van der Waals surface area contributed by atoms with Crippen molar-refractivity contribution in [1.82, 2.24) is 0 Å². The number of rotatable bonds is 3. The van der Waals surface area contributed by atoms with Crippen molar-refractivity contribution in [2.45, 2.75) is 36.5 Å². The van der Waals surface area contributed by atoms with E-state index in [2.05, 4.69) is 0 Å². The molecule has 2 rings (SSSR count). The third-order valence-electron chi connectivity index (χ3n) is 3.05. The van der Waals surface area contributed by atoms with Crippen molar-refractivity contribution in [1.29, 1.82) is 0 Å². The zero-order valence-corrected chi connectivity index (χ0v) is 12.4. The number of esters is 1. The van der Waals surface area contributed by atoms with E-state index in [0.29, 0.717) is 28.8 Å². The van der Waals surface area contributed by atoms with Gasteiger partial charge in [-0.3, -0.25) is 0 Å². The standard InChI is InChI=1S/C12H16O5S2/c1-3-17-11(14)10-7-5-4-6-8(13)9(7)12(18-10)19(2,15)16/h8,13H,3-6H2,1-2H3/t8-/m1/s1. The van der Waals surface area contributed by atoms with Gasteiger partial charge in [-0.2, -0.15) is 0 Å². The molecule has 1 atom stereocenters. The number of carbonyl (C=O) groups is 1. The summed E-state index contributed by atoms with van der Waals surface area (Å²) in [4.78, 5) is 12.2. The lowest BCUT2D eigenvalue weighted by Gasteiger charge is -2.19. The summed E-state index contributed by atoms with van der Waals surface area (Å²) in [6.07, 6.45) is 2.14. The minimum atomic E-state index is -3.45. The Hall–Kier alpha value is -0.920. The lowest BCUT2D eigenvalue weighted by molar-refractivity contribution is 0.0530. The molecule has 7 heteroatoms. The molecular weight excluding hydrogens is 288 g/mol. The maximum Gasteiger partial charge on any atom is 0.348 e.